The third-order valence-electron chi connectivity index (χ3n) is 6.86. The first kappa shape index (κ1) is 26.7. The Morgan fingerprint density at radius 3 is 2.81 bits per heavy atom. The van der Waals surface area contributed by atoms with E-state index in [-0.39, 0.29) is 31.0 Å². The van der Waals surface area contributed by atoms with Gasteiger partial charge in [-0.2, -0.15) is 5.10 Å². The summed E-state index contributed by atoms with van der Waals surface area (Å²) in [7, 11) is 0. The van der Waals surface area contributed by atoms with E-state index in [1.807, 2.05) is 26.8 Å². The monoisotopic (exact) mass is 515 g/mol. The quantitative estimate of drug-likeness (QED) is 0.504. The van der Waals surface area contributed by atoms with Crippen LogP contribution >= 0.6 is 0 Å². The Balaban J connectivity index is 1.70. The van der Waals surface area contributed by atoms with Crippen LogP contribution in [0.1, 0.15) is 76.6 Å². The Hall–Kier alpha value is -3.37. The number of ether oxygens (including phenoxy) is 1. The van der Waals surface area contributed by atoms with Crippen LogP contribution in [-0.4, -0.2) is 60.6 Å². The van der Waals surface area contributed by atoms with E-state index in [0.717, 1.165) is 43.0 Å². The van der Waals surface area contributed by atoms with Crippen molar-refractivity contribution in [3.8, 4) is 17.1 Å². The molecule has 1 N–H and O–H groups in total. The molecule has 0 aliphatic carbocycles. The van der Waals surface area contributed by atoms with Crippen molar-refractivity contribution < 1.29 is 18.3 Å². The smallest absolute Gasteiger partial charge is 0.318 e. The number of amides is 2. The zero-order valence-corrected chi connectivity index (χ0v) is 21.9. The molecule has 9 nitrogen and oxygen atoms in total. The molecule has 3 aromatic rings. The molecule has 2 atom stereocenters. The second-order valence-electron chi connectivity index (χ2n) is 9.78. The number of carbonyl (C=O) groups excluding carboxylic acids is 1. The van der Waals surface area contributed by atoms with Gasteiger partial charge in [0.25, 0.3) is 5.88 Å². The number of fused-ring (bicyclic) bond motifs is 7. The van der Waals surface area contributed by atoms with Gasteiger partial charge in [-0.15, -0.1) is 0 Å². The molecule has 0 spiro atoms. The molecule has 0 unspecified atom stereocenters. The molecule has 1 aliphatic rings. The van der Waals surface area contributed by atoms with Gasteiger partial charge in [0.2, 0.25) is 11.6 Å². The van der Waals surface area contributed by atoms with Crippen molar-refractivity contribution in [1.29, 1.82) is 0 Å². The predicted molar refractivity (Wildman–Crippen MR) is 136 cm³/mol. The standard InChI is InChI=1S/C26H35F2N7O2/c1-5-34-18(3)19-13-21(17(2)29-14-19)22-15-35-23(30-16-31-35)24(33-22)37-12-8-6-7-9-20(32-25(34)36)10-11-26(4,27)28/h13-16,18,20H,5-12H2,1-4H3,(H,32,36)/t18-,20-/m1/s1. The Morgan fingerprint density at radius 2 is 2.05 bits per heavy atom. The third-order valence-corrected chi connectivity index (χ3v) is 6.86. The lowest BCUT2D eigenvalue weighted by Crippen LogP contribution is -2.46. The SMILES string of the molecule is CCN1C(=O)N[C@@H](CCC(C)(F)F)CCCCCOc2nc(cn3ncnc23)-c2cc(cnc2C)[C@H]1C. The number of nitrogens with one attached hydrogen (secondary N) is 1. The van der Waals surface area contributed by atoms with Crippen LogP contribution in [0.15, 0.2) is 24.8 Å². The van der Waals surface area contributed by atoms with Gasteiger partial charge in [-0.25, -0.2) is 28.1 Å². The Morgan fingerprint density at radius 1 is 1.24 bits per heavy atom. The second-order valence-corrected chi connectivity index (χ2v) is 9.78. The molecule has 0 fully saturated rings. The molecule has 37 heavy (non-hydrogen) atoms. The van der Waals surface area contributed by atoms with Crippen molar-refractivity contribution in [1.82, 2.24) is 34.8 Å². The zero-order valence-electron chi connectivity index (χ0n) is 21.9. The average Bonchev–Trinajstić information content (AvgIpc) is 3.33. The van der Waals surface area contributed by atoms with Gasteiger partial charge in [0.1, 0.15) is 6.33 Å². The van der Waals surface area contributed by atoms with Gasteiger partial charge in [0.05, 0.1) is 24.5 Å². The molecule has 0 aromatic carbocycles. The topological polar surface area (TPSA) is 97.5 Å². The fourth-order valence-corrected chi connectivity index (χ4v) is 4.65. The summed E-state index contributed by atoms with van der Waals surface area (Å²) in [5.41, 5.74) is 3.59. The highest BCUT2D eigenvalue weighted by atomic mass is 19.3. The van der Waals surface area contributed by atoms with Crippen LogP contribution in [-0.2, 0) is 0 Å². The number of pyridine rings is 1. The summed E-state index contributed by atoms with van der Waals surface area (Å²) in [4.78, 5) is 28.6. The summed E-state index contributed by atoms with van der Waals surface area (Å²) >= 11 is 0. The molecule has 4 bridgehead atoms. The fourth-order valence-electron chi connectivity index (χ4n) is 4.65. The summed E-state index contributed by atoms with van der Waals surface area (Å²) in [6, 6.07) is 1.07. The molecule has 3 aromatic heterocycles. The van der Waals surface area contributed by atoms with Crippen molar-refractivity contribution in [2.24, 2.45) is 0 Å². The van der Waals surface area contributed by atoms with Crippen molar-refractivity contribution >= 4 is 11.7 Å². The number of aryl methyl sites for hydroxylation is 1. The van der Waals surface area contributed by atoms with Gasteiger partial charge in [-0.1, -0.05) is 6.42 Å². The number of hydrogen-bond acceptors (Lipinski definition) is 6. The van der Waals surface area contributed by atoms with Gasteiger partial charge in [0, 0.05) is 36.5 Å². The average molecular weight is 516 g/mol. The molecule has 0 radical (unpaired) electrons. The number of nitrogens with zero attached hydrogens (tertiary/aromatic N) is 6. The predicted octanol–water partition coefficient (Wildman–Crippen LogP) is 5.34. The highest BCUT2D eigenvalue weighted by Gasteiger charge is 2.27. The van der Waals surface area contributed by atoms with Crippen LogP contribution in [0.3, 0.4) is 0 Å². The van der Waals surface area contributed by atoms with Crippen molar-refractivity contribution in [3.05, 3.63) is 36.0 Å². The summed E-state index contributed by atoms with van der Waals surface area (Å²) in [6.07, 6.45) is 7.93. The van der Waals surface area contributed by atoms with Crippen LogP contribution in [0, 0.1) is 6.92 Å². The number of carbonyl (C=O) groups is 1. The number of hydrogen-bond donors (Lipinski definition) is 1. The largest absolute Gasteiger partial charge is 0.475 e. The first-order valence-corrected chi connectivity index (χ1v) is 12.9. The van der Waals surface area contributed by atoms with E-state index in [0.29, 0.717) is 36.8 Å². The molecule has 11 heteroatoms. The lowest BCUT2D eigenvalue weighted by Gasteiger charge is -2.31. The minimum absolute atomic E-state index is 0.217. The van der Waals surface area contributed by atoms with Crippen molar-refractivity contribution in [2.45, 2.75) is 84.2 Å². The molecular formula is C26H35F2N7O2. The van der Waals surface area contributed by atoms with Crippen LogP contribution in [0.2, 0.25) is 0 Å². The van der Waals surface area contributed by atoms with Crippen LogP contribution in [0.4, 0.5) is 13.6 Å². The van der Waals surface area contributed by atoms with Crippen molar-refractivity contribution in [2.75, 3.05) is 13.2 Å². The van der Waals surface area contributed by atoms with Gasteiger partial charge in [0.15, 0.2) is 0 Å². The number of halogens is 2. The van der Waals surface area contributed by atoms with Gasteiger partial charge >= 0.3 is 6.03 Å². The van der Waals surface area contributed by atoms with E-state index in [9.17, 15) is 13.6 Å². The fraction of sp³-hybridized carbons (Fsp3) is 0.577. The van der Waals surface area contributed by atoms with E-state index in [1.165, 1.54) is 6.33 Å². The maximum absolute atomic E-state index is 13.6. The second kappa shape index (κ2) is 11.4. The summed E-state index contributed by atoms with van der Waals surface area (Å²) in [6.45, 7) is 7.54. The van der Waals surface area contributed by atoms with Gasteiger partial charge in [-0.05, 0) is 65.0 Å². The minimum Gasteiger partial charge on any atom is -0.475 e. The summed E-state index contributed by atoms with van der Waals surface area (Å²) in [5.74, 6) is -2.38. The molecular weight excluding hydrogens is 480 g/mol. The lowest BCUT2D eigenvalue weighted by molar-refractivity contribution is 0.00804. The Bertz CT molecular complexity index is 1230. The number of aromatic nitrogens is 5. The Labute approximate surface area is 215 Å². The van der Waals surface area contributed by atoms with E-state index in [4.69, 9.17) is 9.72 Å². The molecule has 200 valence electrons. The highest BCUT2D eigenvalue weighted by Crippen LogP contribution is 2.29. The first-order valence-electron chi connectivity index (χ1n) is 12.9. The molecule has 0 saturated carbocycles. The van der Waals surface area contributed by atoms with E-state index in [2.05, 4.69) is 20.4 Å². The number of urea groups is 1. The molecule has 2 amide bonds. The van der Waals surface area contributed by atoms with Crippen LogP contribution < -0.4 is 10.1 Å². The van der Waals surface area contributed by atoms with Crippen molar-refractivity contribution in [3.63, 3.8) is 0 Å². The van der Waals surface area contributed by atoms with Crippen LogP contribution in [0.25, 0.3) is 16.9 Å². The lowest BCUT2D eigenvalue weighted by atomic mass is 10.0. The molecule has 4 rings (SSSR count). The van der Waals surface area contributed by atoms with Gasteiger partial charge in [-0.3, -0.25) is 4.98 Å². The maximum atomic E-state index is 13.6. The van der Waals surface area contributed by atoms with E-state index >= 15 is 0 Å². The molecule has 1 aliphatic heterocycles. The van der Waals surface area contributed by atoms with E-state index < -0.39 is 5.92 Å². The Kier molecular flexibility index (Phi) is 8.19. The molecule has 4 heterocycles. The third kappa shape index (κ3) is 6.50. The maximum Gasteiger partial charge on any atom is 0.318 e. The summed E-state index contributed by atoms with van der Waals surface area (Å²) < 4.78 is 34.9. The number of alkyl halides is 2. The van der Waals surface area contributed by atoms with Gasteiger partial charge < -0.3 is 15.0 Å². The normalized spacial score (nSPS) is 19.8. The highest BCUT2D eigenvalue weighted by molar-refractivity contribution is 5.75. The van der Waals surface area contributed by atoms with Crippen LogP contribution in [0.5, 0.6) is 5.88 Å². The zero-order chi connectivity index (χ0) is 26.6. The van der Waals surface area contributed by atoms with E-state index in [1.54, 1.807) is 21.8 Å². The molecule has 0 saturated heterocycles. The summed E-state index contributed by atoms with van der Waals surface area (Å²) in [5, 5.41) is 7.30. The minimum atomic E-state index is -2.78. The first-order chi connectivity index (χ1) is 17.7. The number of rotatable bonds is 4.